The lowest BCUT2D eigenvalue weighted by Gasteiger charge is -2.34. The predicted octanol–water partition coefficient (Wildman–Crippen LogP) is 2.08. The smallest absolute Gasteiger partial charge is 0.409 e. The number of carbonyl (C=O) groups is 2. The van der Waals surface area contributed by atoms with Crippen LogP contribution < -0.4 is 9.47 Å². The van der Waals surface area contributed by atoms with Gasteiger partial charge in [0, 0.05) is 38.2 Å². The van der Waals surface area contributed by atoms with Crippen LogP contribution in [0.1, 0.15) is 26.3 Å². The fourth-order valence-electron chi connectivity index (χ4n) is 3.28. The van der Waals surface area contributed by atoms with Crippen molar-refractivity contribution in [1.29, 1.82) is 0 Å². The number of carbonyl (C=O) groups excluding carboxylic acids is 2. The lowest BCUT2D eigenvalue weighted by molar-refractivity contribution is -0.135. The molecule has 0 bridgehead atoms. The molecule has 0 aliphatic carbocycles. The molecule has 2 aliphatic heterocycles. The average Bonchev–Trinajstić information content (AvgIpc) is 2.94. The molecule has 0 N–H and O–H groups in total. The Morgan fingerprint density at radius 1 is 1.15 bits per heavy atom. The molecule has 1 aromatic carbocycles. The van der Waals surface area contributed by atoms with Crippen LogP contribution in [0.4, 0.5) is 4.79 Å². The summed E-state index contributed by atoms with van der Waals surface area (Å²) in [6.45, 7) is 8.07. The van der Waals surface area contributed by atoms with Crippen LogP contribution in [0.25, 0.3) is 0 Å². The normalized spacial score (nSPS) is 18.1. The van der Waals surface area contributed by atoms with E-state index >= 15 is 0 Å². The molecule has 3 rings (SSSR count). The van der Waals surface area contributed by atoms with E-state index in [1.165, 1.54) is 0 Å². The first-order valence-electron chi connectivity index (χ1n) is 9.03. The third kappa shape index (κ3) is 4.03. The van der Waals surface area contributed by atoms with Gasteiger partial charge in [0.1, 0.15) is 5.60 Å². The molecular weight excluding hydrogens is 336 g/mol. The Hall–Kier alpha value is -2.44. The molecule has 0 atom stereocenters. The topological polar surface area (TPSA) is 68.3 Å². The van der Waals surface area contributed by atoms with Gasteiger partial charge in [-0.15, -0.1) is 0 Å². The van der Waals surface area contributed by atoms with Gasteiger partial charge in [-0.2, -0.15) is 0 Å². The van der Waals surface area contributed by atoms with Crippen LogP contribution in [0.5, 0.6) is 11.5 Å². The first-order chi connectivity index (χ1) is 12.4. The van der Waals surface area contributed by atoms with Crippen LogP contribution in [0.3, 0.4) is 0 Å². The van der Waals surface area contributed by atoms with Crippen LogP contribution in [-0.2, 0) is 16.0 Å². The molecule has 0 radical (unpaired) electrons. The summed E-state index contributed by atoms with van der Waals surface area (Å²) in [5.74, 6) is 1.24. The Bertz CT molecular complexity index is 681. The number of hydrogen-bond donors (Lipinski definition) is 0. The van der Waals surface area contributed by atoms with Crippen molar-refractivity contribution < 1.29 is 23.8 Å². The van der Waals surface area contributed by atoms with E-state index in [1.54, 1.807) is 16.7 Å². The second-order valence-corrected chi connectivity index (χ2v) is 7.14. The number of amides is 2. The van der Waals surface area contributed by atoms with Crippen LogP contribution >= 0.6 is 0 Å². The van der Waals surface area contributed by atoms with Gasteiger partial charge in [-0.25, -0.2) is 4.79 Å². The lowest BCUT2D eigenvalue weighted by atomic mass is 10.0. The number of benzene rings is 1. The predicted molar refractivity (Wildman–Crippen MR) is 95.5 cm³/mol. The van der Waals surface area contributed by atoms with Crippen molar-refractivity contribution >= 4 is 12.0 Å². The van der Waals surface area contributed by atoms with Gasteiger partial charge >= 0.3 is 6.09 Å². The van der Waals surface area contributed by atoms with E-state index in [0.717, 1.165) is 17.7 Å². The first kappa shape index (κ1) is 18.4. The quantitative estimate of drug-likeness (QED) is 0.820. The highest BCUT2D eigenvalue weighted by atomic mass is 16.6. The molecule has 0 spiro atoms. The van der Waals surface area contributed by atoms with Gasteiger partial charge in [-0.3, -0.25) is 4.79 Å². The van der Waals surface area contributed by atoms with Gasteiger partial charge in [0.15, 0.2) is 18.1 Å². The molecule has 26 heavy (non-hydrogen) atoms. The minimum Gasteiger partial charge on any atom is -0.483 e. The zero-order valence-corrected chi connectivity index (χ0v) is 15.6. The lowest BCUT2D eigenvalue weighted by Crippen LogP contribution is -2.51. The van der Waals surface area contributed by atoms with Crippen molar-refractivity contribution in [1.82, 2.24) is 9.80 Å². The van der Waals surface area contributed by atoms with Crippen molar-refractivity contribution in [3.63, 3.8) is 0 Å². The van der Waals surface area contributed by atoms with Gasteiger partial charge in [0.25, 0.3) is 5.91 Å². The van der Waals surface area contributed by atoms with E-state index in [2.05, 4.69) is 0 Å². The maximum absolute atomic E-state index is 12.4. The van der Waals surface area contributed by atoms with Gasteiger partial charge in [0.2, 0.25) is 0 Å². The maximum atomic E-state index is 12.4. The number of hydrogen-bond acceptors (Lipinski definition) is 5. The van der Waals surface area contributed by atoms with E-state index in [1.807, 2.05) is 32.0 Å². The zero-order chi connectivity index (χ0) is 18.7. The van der Waals surface area contributed by atoms with E-state index in [0.29, 0.717) is 38.5 Å². The maximum Gasteiger partial charge on any atom is 0.409 e. The molecular formula is C19H26N2O5. The minimum absolute atomic E-state index is 0.0420. The average molecular weight is 362 g/mol. The highest BCUT2D eigenvalue weighted by Gasteiger charge is 2.32. The summed E-state index contributed by atoms with van der Waals surface area (Å²) in [5, 5.41) is 0. The van der Waals surface area contributed by atoms with E-state index in [4.69, 9.17) is 14.2 Å². The number of fused-ring (bicyclic) bond motifs is 1. The molecule has 1 saturated heterocycles. The van der Waals surface area contributed by atoms with E-state index < -0.39 is 0 Å². The van der Waals surface area contributed by atoms with Crippen molar-refractivity contribution in [3.8, 4) is 11.5 Å². The Kier molecular flexibility index (Phi) is 5.25. The number of piperazine rings is 1. The number of nitrogens with zero attached hydrogens (tertiary/aromatic N) is 2. The Morgan fingerprint density at radius 3 is 2.54 bits per heavy atom. The molecule has 0 aromatic heterocycles. The Labute approximate surface area is 153 Å². The third-order valence-electron chi connectivity index (χ3n) is 4.56. The summed E-state index contributed by atoms with van der Waals surface area (Å²) in [6.07, 6.45) is 0.499. The minimum atomic E-state index is -0.324. The van der Waals surface area contributed by atoms with Gasteiger partial charge in [-0.1, -0.05) is 12.1 Å². The van der Waals surface area contributed by atoms with Gasteiger partial charge in [-0.05, 0) is 26.8 Å². The fraction of sp³-hybridized carbons (Fsp3) is 0.579. The van der Waals surface area contributed by atoms with Crippen LogP contribution in [0, 0.1) is 0 Å². The first-order valence-corrected chi connectivity index (χ1v) is 9.03. The number of rotatable bonds is 4. The molecule has 2 aliphatic rings. The van der Waals surface area contributed by atoms with Gasteiger partial charge < -0.3 is 24.0 Å². The highest BCUT2D eigenvalue weighted by molar-refractivity contribution is 5.78. The zero-order valence-electron chi connectivity index (χ0n) is 15.6. The third-order valence-corrected chi connectivity index (χ3v) is 4.56. The van der Waals surface area contributed by atoms with Crippen molar-refractivity contribution in [2.75, 3.05) is 39.4 Å². The summed E-state index contributed by atoms with van der Waals surface area (Å²) in [5.41, 5.74) is 0.845. The molecule has 142 valence electrons. The number of ether oxygens (including phenoxy) is 3. The SMILES string of the molecule is CCOC(=O)N1CCN(C(=O)COc2cccc3c2OC(C)(C)C3)CC1. The van der Waals surface area contributed by atoms with Gasteiger partial charge in [0.05, 0.1) is 6.61 Å². The monoisotopic (exact) mass is 362 g/mol. The summed E-state index contributed by atoms with van der Waals surface area (Å²) in [7, 11) is 0. The van der Waals surface area contributed by atoms with Crippen LogP contribution in [-0.4, -0.2) is 66.8 Å². The second-order valence-electron chi connectivity index (χ2n) is 7.14. The summed E-state index contributed by atoms with van der Waals surface area (Å²) in [6, 6.07) is 5.76. The molecule has 2 heterocycles. The fourth-order valence-corrected chi connectivity index (χ4v) is 3.28. The van der Waals surface area contributed by atoms with E-state index in [-0.39, 0.29) is 24.2 Å². The summed E-state index contributed by atoms with van der Waals surface area (Å²) < 4.78 is 16.7. The molecule has 1 fully saturated rings. The van der Waals surface area contributed by atoms with Crippen molar-refractivity contribution in [2.24, 2.45) is 0 Å². The molecule has 7 heteroatoms. The standard InChI is InChI=1S/C19H26N2O5/c1-4-24-18(23)21-10-8-20(9-11-21)16(22)13-25-15-7-5-6-14-12-19(2,3)26-17(14)15/h5-7H,4,8-13H2,1-3H3. The highest BCUT2D eigenvalue weighted by Crippen LogP contribution is 2.41. The molecule has 7 nitrogen and oxygen atoms in total. The summed E-state index contributed by atoms with van der Waals surface area (Å²) in [4.78, 5) is 27.5. The van der Waals surface area contributed by atoms with Crippen LogP contribution in [0.15, 0.2) is 18.2 Å². The molecule has 0 unspecified atom stereocenters. The summed E-state index contributed by atoms with van der Waals surface area (Å²) >= 11 is 0. The van der Waals surface area contributed by atoms with Crippen molar-refractivity contribution in [2.45, 2.75) is 32.8 Å². The van der Waals surface area contributed by atoms with E-state index in [9.17, 15) is 9.59 Å². The molecule has 0 saturated carbocycles. The van der Waals surface area contributed by atoms with Crippen molar-refractivity contribution in [3.05, 3.63) is 23.8 Å². The van der Waals surface area contributed by atoms with Crippen LogP contribution in [0.2, 0.25) is 0 Å². The Balaban J connectivity index is 1.52. The molecule has 1 aromatic rings. The second kappa shape index (κ2) is 7.43. The Morgan fingerprint density at radius 2 is 1.85 bits per heavy atom. The molecule has 2 amide bonds. The largest absolute Gasteiger partial charge is 0.483 e. The number of para-hydroxylation sites is 1.